The maximum atomic E-state index is 12.1. The maximum absolute atomic E-state index is 12.1. The smallest absolute Gasteiger partial charge is 0.320 e. The van der Waals surface area contributed by atoms with E-state index in [4.69, 9.17) is 0 Å². The molecule has 2 aliphatic heterocycles. The number of hydrogen-bond donors (Lipinski definition) is 1. The highest BCUT2D eigenvalue weighted by molar-refractivity contribution is 5.74. The zero-order valence-electron chi connectivity index (χ0n) is 12.4. The molecular formula is C14H25N3O3. The maximum Gasteiger partial charge on any atom is 0.320 e. The van der Waals surface area contributed by atoms with Gasteiger partial charge >= 0.3 is 12.0 Å². The molecule has 0 saturated carbocycles. The number of carboxylic acids is 1. The molecule has 2 amide bonds. The molecular weight excluding hydrogens is 258 g/mol. The van der Waals surface area contributed by atoms with E-state index >= 15 is 0 Å². The van der Waals surface area contributed by atoms with Gasteiger partial charge in [-0.1, -0.05) is 0 Å². The van der Waals surface area contributed by atoms with E-state index < -0.39 is 5.97 Å². The number of carboxylic acid groups (broad SMARTS) is 1. The van der Waals surface area contributed by atoms with Gasteiger partial charge in [0.05, 0.1) is 0 Å². The van der Waals surface area contributed by atoms with Gasteiger partial charge < -0.3 is 14.9 Å². The average molecular weight is 283 g/mol. The summed E-state index contributed by atoms with van der Waals surface area (Å²) in [5.74, 6) is -0.702. The number of aliphatic carboxylic acids is 1. The molecule has 0 radical (unpaired) electrons. The van der Waals surface area contributed by atoms with Crippen molar-refractivity contribution in [2.75, 3.05) is 33.2 Å². The molecule has 2 saturated heterocycles. The van der Waals surface area contributed by atoms with Crippen molar-refractivity contribution in [2.24, 2.45) is 0 Å². The molecule has 20 heavy (non-hydrogen) atoms. The van der Waals surface area contributed by atoms with Crippen molar-refractivity contribution in [3.8, 4) is 0 Å². The molecule has 2 rings (SSSR count). The Morgan fingerprint density at radius 1 is 1.20 bits per heavy atom. The number of likely N-dealkylation sites (tertiary alicyclic amines) is 2. The van der Waals surface area contributed by atoms with E-state index in [1.165, 1.54) is 0 Å². The molecule has 6 nitrogen and oxygen atoms in total. The van der Waals surface area contributed by atoms with Crippen LogP contribution in [0.25, 0.3) is 0 Å². The molecule has 2 heterocycles. The van der Waals surface area contributed by atoms with Gasteiger partial charge in [0.15, 0.2) is 0 Å². The highest BCUT2D eigenvalue weighted by Gasteiger charge is 2.37. The number of urea groups is 1. The number of amides is 2. The third-order valence-electron chi connectivity index (χ3n) is 4.58. The van der Waals surface area contributed by atoms with Crippen LogP contribution >= 0.6 is 0 Å². The fourth-order valence-corrected chi connectivity index (χ4v) is 3.26. The first-order valence-corrected chi connectivity index (χ1v) is 7.53. The van der Waals surface area contributed by atoms with Crippen LogP contribution in [0.3, 0.4) is 0 Å². The van der Waals surface area contributed by atoms with Crippen LogP contribution in [0, 0.1) is 0 Å². The van der Waals surface area contributed by atoms with Gasteiger partial charge in [0.1, 0.15) is 6.04 Å². The number of carbonyl (C=O) groups excluding carboxylic acids is 1. The van der Waals surface area contributed by atoms with Gasteiger partial charge in [0, 0.05) is 32.7 Å². The third kappa shape index (κ3) is 3.06. The van der Waals surface area contributed by atoms with Crippen LogP contribution in [-0.4, -0.2) is 77.1 Å². The summed E-state index contributed by atoms with van der Waals surface area (Å²) in [6.45, 7) is 5.02. The zero-order valence-corrected chi connectivity index (χ0v) is 12.4. The van der Waals surface area contributed by atoms with Crippen LogP contribution in [0.4, 0.5) is 4.79 Å². The lowest BCUT2D eigenvalue weighted by atomic mass is 10.0. The molecule has 0 aliphatic carbocycles. The van der Waals surface area contributed by atoms with E-state index in [0.717, 1.165) is 45.3 Å². The highest BCUT2D eigenvalue weighted by Crippen LogP contribution is 2.26. The fourth-order valence-electron chi connectivity index (χ4n) is 3.26. The summed E-state index contributed by atoms with van der Waals surface area (Å²) in [6.07, 6.45) is 3.49. The van der Waals surface area contributed by atoms with E-state index in [9.17, 15) is 14.7 Å². The first-order valence-electron chi connectivity index (χ1n) is 7.53. The fraction of sp³-hybridized carbons (Fsp3) is 0.857. The number of nitrogens with zero attached hydrogens (tertiary/aromatic N) is 3. The van der Waals surface area contributed by atoms with Crippen LogP contribution in [0.1, 0.15) is 32.6 Å². The van der Waals surface area contributed by atoms with Gasteiger partial charge in [-0.25, -0.2) is 4.79 Å². The summed E-state index contributed by atoms with van der Waals surface area (Å²) in [6, 6.07) is 0.0808. The number of hydrogen-bond acceptors (Lipinski definition) is 3. The minimum Gasteiger partial charge on any atom is -0.480 e. The van der Waals surface area contributed by atoms with E-state index in [1.54, 1.807) is 4.90 Å². The van der Waals surface area contributed by atoms with Crippen molar-refractivity contribution in [3.63, 3.8) is 0 Å². The topological polar surface area (TPSA) is 64.1 Å². The summed E-state index contributed by atoms with van der Waals surface area (Å²) in [5, 5.41) is 9.25. The average Bonchev–Trinajstić information content (AvgIpc) is 2.95. The van der Waals surface area contributed by atoms with Gasteiger partial charge in [-0.3, -0.25) is 9.69 Å². The summed E-state index contributed by atoms with van der Waals surface area (Å²) >= 11 is 0. The lowest BCUT2D eigenvalue weighted by molar-refractivity contribution is -0.143. The second kappa shape index (κ2) is 6.43. The second-order valence-corrected chi connectivity index (χ2v) is 5.75. The van der Waals surface area contributed by atoms with Crippen molar-refractivity contribution in [3.05, 3.63) is 0 Å². The molecule has 1 atom stereocenters. The van der Waals surface area contributed by atoms with Gasteiger partial charge in [0.25, 0.3) is 0 Å². The SMILES string of the molecule is CCN(C)C(=O)N1CCC(N2CCCC2C(=O)O)CC1. The van der Waals surface area contributed by atoms with E-state index in [1.807, 2.05) is 18.9 Å². The zero-order chi connectivity index (χ0) is 14.7. The molecule has 2 aliphatic rings. The van der Waals surface area contributed by atoms with Crippen LogP contribution in [0.5, 0.6) is 0 Å². The largest absolute Gasteiger partial charge is 0.480 e. The van der Waals surface area contributed by atoms with Crippen molar-refractivity contribution in [1.29, 1.82) is 0 Å². The Morgan fingerprint density at radius 2 is 1.85 bits per heavy atom. The van der Waals surface area contributed by atoms with E-state index in [-0.39, 0.29) is 12.1 Å². The van der Waals surface area contributed by atoms with Gasteiger partial charge in [0.2, 0.25) is 0 Å². The first-order chi connectivity index (χ1) is 9.54. The monoisotopic (exact) mass is 283 g/mol. The Kier molecular flexibility index (Phi) is 4.86. The summed E-state index contributed by atoms with van der Waals surface area (Å²) in [4.78, 5) is 29.0. The second-order valence-electron chi connectivity index (χ2n) is 5.75. The first kappa shape index (κ1) is 15.1. The molecule has 1 N–H and O–H groups in total. The van der Waals surface area contributed by atoms with E-state index in [0.29, 0.717) is 12.6 Å². The van der Waals surface area contributed by atoms with Crippen LogP contribution in [-0.2, 0) is 4.79 Å². The van der Waals surface area contributed by atoms with Crippen molar-refractivity contribution in [2.45, 2.75) is 44.7 Å². The highest BCUT2D eigenvalue weighted by atomic mass is 16.4. The summed E-state index contributed by atoms with van der Waals surface area (Å²) in [5.41, 5.74) is 0. The predicted octanol–water partition coefficient (Wildman–Crippen LogP) is 1.07. The van der Waals surface area contributed by atoms with Gasteiger partial charge in [-0.15, -0.1) is 0 Å². The number of piperidine rings is 1. The van der Waals surface area contributed by atoms with Gasteiger partial charge in [-0.2, -0.15) is 0 Å². The molecule has 6 heteroatoms. The lowest BCUT2D eigenvalue weighted by Gasteiger charge is -2.39. The lowest BCUT2D eigenvalue weighted by Crippen LogP contribution is -2.51. The standard InChI is InChI=1S/C14H25N3O3/c1-3-15(2)14(20)16-9-6-11(7-10-16)17-8-4-5-12(17)13(18)19/h11-12H,3-10H2,1-2H3,(H,18,19). The Balaban J connectivity index is 1.88. The minimum absolute atomic E-state index is 0.0853. The third-order valence-corrected chi connectivity index (χ3v) is 4.58. The molecule has 0 spiro atoms. The molecule has 1 unspecified atom stereocenters. The summed E-state index contributed by atoms with van der Waals surface area (Å²) in [7, 11) is 1.81. The summed E-state index contributed by atoms with van der Waals surface area (Å²) < 4.78 is 0. The van der Waals surface area contributed by atoms with Crippen molar-refractivity contribution < 1.29 is 14.7 Å². The molecule has 0 bridgehead atoms. The van der Waals surface area contributed by atoms with Crippen molar-refractivity contribution >= 4 is 12.0 Å². The quantitative estimate of drug-likeness (QED) is 0.841. The normalized spacial score (nSPS) is 24.9. The Bertz CT molecular complexity index is 367. The minimum atomic E-state index is -0.702. The van der Waals surface area contributed by atoms with Crippen LogP contribution in [0.2, 0.25) is 0 Å². The number of rotatable bonds is 3. The molecule has 0 aromatic rings. The predicted molar refractivity (Wildman–Crippen MR) is 75.7 cm³/mol. The number of carbonyl (C=O) groups is 2. The molecule has 0 aromatic heterocycles. The van der Waals surface area contributed by atoms with Crippen molar-refractivity contribution in [1.82, 2.24) is 14.7 Å². The Hall–Kier alpha value is -1.30. The van der Waals surface area contributed by atoms with E-state index in [2.05, 4.69) is 4.90 Å². The Morgan fingerprint density at radius 3 is 2.40 bits per heavy atom. The van der Waals surface area contributed by atoms with Crippen LogP contribution in [0.15, 0.2) is 0 Å². The molecule has 114 valence electrons. The molecule has 0 aromatic carbocycles. The Labute approximate surface area is 120 Å². The van der Waals surface area contributed by atoms with Gasteiger partial charge in [-0.05, 0) is 39.2 Å². The molecule has 2 fully saturated rings. The van der Waals surface area contributed by atoms with Crippen LogP contribution < -0.4 is 0 Å².